The molecule has 33 heavy (non-hydrogen) atoms. The number of carbonyl (C=O) groups excluding carboxylic acids is 1. The highest BCUT2D eigenvalue weighted by Crippen LogP contribution is 2.29. The zero-order chi connectivity index (χ0) is 23.6. The number of ether oxygens (including phenoxy) is 4. The maximum absolute atomic E-state index is 12.5. The van der Waals surface area contributed by atoms with Crippen LogP contribution in [0.15, 0.2) is 72.8 Å². The van der Waals surface area contributed by atoms with Gasteiger partial charge in [-0.1, -0.05) is 36.4 Å². The van der Waals surface area contributed by atoms with Crippen molar-refractivity contribution in [3.05, 3.63) is 89.5 Å². The maximum Gasteiger partial charge on any atom is 0.387 e. The van der Waals surface area contributed by atoms with Crippen LogP contribution in [-0.2, 0) is 6.61 Å². The van der Waals surface area contributed by atoms with Gasteiger partial charge >= 0.3 is 6.61 Å². The number of rotatable bonds is 11. The third-order valence-electron chi connectivity index (χ3n) is 4.61. The average Bonchev–Trinajstić information content (AvgIpc) is 2.82. The van der Waals surface area contributed by atoms with E-state index >= 15 is 0 Å². The lowest BCUT2D eigenvalue weighted by Crippen LogP contribution is -2.03. The van der Waals surface area contributed by atoms with Crippen molar-refractivity contribution in [1.29, 1.82) is 0 Å². The molecule has 0 unspecified atom stereocenters. The van der Waals surface area contributed by atoms with E-state index in [0.717, 1.165) is 11.1 Å². The van der Waals surface area contributed by atoms with Crippen LogP contribution in [0, 0.1) is 0 Å². The van der Waals surface area contributed by atoms with Crippen LogP contribution >= 0.6 is 0 Å². The van der Waals surface area contributed by atoms with Crippen molar-refractivity contribution >= 4 is 11.9 Å². The number of halogens is 2. The summed E-state index contributed by atoms with van der Waals surface area (Å²) in [5.41, 5.74) is 1.78. The third kappa shape index (κ3) is 6.80. The SMILES string of the molecule is CCOc1ccccc1OCc1cc(/C=C/C(=O)c2cccc(OC(F)F)c2)ccc1OC. The predicted octanol–water partition coefficient (Wildman–Crippen LogP) is 6.17. The highest BCUT2D eigenvalue weighted by Gasteiger charge is 2.10. The van der Waals surface area contributed by atoms with Crippen LogP contribution < -0.4 is 18.9 Å². The van der Waals surface area contributed by atoms with Crippen molar-refractivity contribution in [3.8, 4) is 23.0 Å². The van der Waals surface area contributed by atoms with Crippen molar-refractivity contribution in [2.24, 2.45) is 0 Å². The summed E-state index contributed by atoms with van der Waals surface area (Å²) in [5.74, 6) is 1.50. The number of methoxy groups -OCH3 is 1. The minimum Gasteiger partial charge on any atom is -0.496 e. The van der Waals surface area contributed by atoms with Gasteiger partial charge in [0.2, 0.25) is 0 Å². The third-order valence-corrected chi connectivity index (χ3v) is 4.61. The van der Waals surface area contributed by atoms with E-state index in [2.05, 4.69) is 4.74 Å². The normalized spacial score (nSPS) is 10.9. The lowest BCUT2D eigenvalue weighted by Gasteiger charge is -2.14. The molecule has 3 aromatic rings. The first-order valence-electron chi connectivity index (χ1n) is 10.3. The zero-order valence-corrected chi connectivity index (χ0v) is 18.3. The molecular weight excluding hydrogens is 430 g/mol. The van der Waals surface area contributed by atoms with E-state index in [1.54, 1.807) is 25.3 Å². The van der Waals surface area contributed by atoms with Gasteiger partial charge in [0.25, 0.3) is 0 Å². The Bertz CT molecular complexity index is 1110. The fourth-order valence-corrected chi connectivity index (χ4v) is 3.11. The first kappa shape index (κ1) is 23.8. The molecule has 0 bridgehead atoms. The van der Waals surface area contributed by atoms with E-state index in [9.17, 15) is 13.6 Å². The Morgan fingerprint density at radius 3 is 2.39 bits per heavy atom. The van der Waals surface area contributed by atoms with Crippen LogP contribution in [0.1, 0.15) is 28.4 Å². The average molecular weight is 454 g/mol. The maximum atomic E-state index is 12.5. The Kier molecular flexibility index (Phi) is 8.41. The summed E-state index contributed by atoms with van der Waals surface area (Å²) in [5, 5.41) is 0. The molecule has 0 fully saturated rings. The van der Waals surface area contributed by atoms with Gasteiger partial charge < -0.3 is 18.9 Å². The largest absolute Gasteiger partial charge is 0.496 e. The molecule has 0 spiro atoms. The summed E-state index contributed by atoms with van der Waals surface area (Å²) in [6, 6.07) is 18.5. The Balaban J connectivity index is 1.74. The van der Waals surface area contributed by atoms with Gasteiger partial charge in [0.05, 0.1) is 13.7 Å². The highest BCUT2D eigenvalue weighted by molar-refractivity contribution is 6.07. The Morgan fingerprint density at radius 1 is 0.939 bits per heavy atom. The van der Waals surface area contributed by atoms with Gasteiger partial charge in [0, 0.05) is 11.1 Å². The highest BCUT2D eigenvalue weighted by atomic mass is 19.3. The molecule has 0 aliphatic carbocycles. The monoisotopic (exact) mass is 454 g/mol. The molecule has 0 heterocycles. The lowest BCUT2D eigenvalue weighted by molar-refractivity contribution is -0.0498. The minimum absolute atomic E-state index is 0.0690. The molecule has 5 nitrogen and oxygen atoms in total. The number of para-hydroxylation sites is 2. The number of hydrogen-bond donors (Lipinski definition) is 0. The fourth-order valence-electron chi connectivity index (χ4n) is 3.11. The summed E-state index contributed by atoms with van der Waals surface area (Å²) in [4.78, 5) is 12.5. The van der Waals surface area contributed by atoms with Crippen molar-refractivity contribution in [1.82, 2.24) is 0 Å². The second-order valence-corrected chi connectivity index (χ2v) is 6.84. The van der Waals surface area contributed by atoms with E-state index in [0.29, 0.717) is 23.9 Å². The van der Waals surface area contributed by atoms with Gasteiger partial charge in [0.1, 0.15) is 18.1 Å². The van der Waals surface area contributed by atoms with Crippen LogP contribution in [0.5, 0.6) is 23.0 Å². The standard InChI is InChI=1S/C26H24F2O5/c1-3-31-24-9-4-5-10-25(24)32-17-20-15-18(12-14-23(20)30-2)11-13-22(29)19-7-6-8-21(16-19)33-26(27)28/h4-16,26H,3,17H2,1-2H3/b13-11+. The van der Waals surface area contributed by atoms with Crippen molar-refractivity contribution in [3.63, 3.8) is 0 Å². The summed E-state index contributed by atoms with van der Waals surface area (Å²) in [6.45, 7) is -0.296. The molecule has 3 rings (SSSR count). The lowest BCUT2D eigenvalue weighted by atomic mass is 10.1. The quantitative estimate of drug-likeness (QED) is 0.256. The molecule has 0 aromatic heterocycles. The van der Waals surface area contributed by atoms with Gasteiger partial charge in [-0.2, -0.15) is 8.78 Å². The minimum atomic E-state index is -2.95. The van der Waals surface area contributed by atoms with Crippen LogP contribution in [0.25, 0.3) is 6.08 Å². The van der Waals surface area contributed by atoms with Crippen molar-refractivity contribution < 1.29 is 32.5 Å². The van der Waals surface area contributed by atoms with E-state index < -0.39 is 6.61 Å². The summed E-state index contributed by atoms with van der Waals surface area (Å²) in [6.07, 6.45) is 3.01. The number of carbonyl (C=O) groups is 1. The fraction of sp³-hybridized carbons (Fsp3) is 0.192. The number of allylic oxidation sites excluding steroid dienone is 1. The predicted molar refractivity (Wildman–Crippen MR) is 121 cm³/mol. The summed E-state index contributed by atoms with van der Waals surface area (Å²) in [7, 11) is 1.57. The van der Waals surface area contributed by atoms with E-state index in [4.69, 9.17) is 14.2 Å². The molecule has 0 saturated carbocycles. The second-order valence-electron chi connectivity index (χ2n) is 6.84. The molecule has 0 N–H and O–H groups in total. The molecule has 0 radical (unpaired) electrons. The Labute approximate surface area is 191 Å². The second kappa shape index (κ2) is 11.7. The summed E-state index contributed by atoms with van der Waals surface area (Å²) >= 11 is 0. The molecular formula is C26H24F2O5. The topological polar surface area (TPSA) is 54.0 Å². The van der Waals surface area contributed by atoms with Gasteiger partial charge in [0.15, 0.2) is 17.3 Å². The summed E-state index contributed by atoms with van der Waals surface area (Å²) < 4.78 is 46.1. The molecule has 0 amide bonds. The molecule has 3 aromatic carbocycles. The molecule has 0 saturated heterocycles. The van der Waals surface area contributed by atoms with Gasteiger partial charge in [-0.15, -0.1) is 0 Å². The van der Waals surface area contributed by atoms with Gasteiger partial charge in [-0.25, -0.2) is 0 Å². The van der Waals surface area contributed by atoms with Crippen LogP contribution in [0.4, 0.5) is 8.78 Å². The number of alkyl halides is 2. The van der Waals surface area contributed by atoms with Crippen molar-refractivity contribution in [2.45, 2.75) is 20.1 Å². The number of hydrogen-bond acceptors (Lipinski definition) is 5. The molecule has 172 valence electrons. The van der Waals surface area contributed by atoms with Crippen LogP contribution in [0.3, 0.4) is 0 Å². The molecule has 0 aliphatic heterocycles. The van der Waals surface area contributed by atoms with E-state index in [-0.39, 0.29) is 23.7 Å². The van der Waals surface area contributed by atoms with E-state index in [1.165, 1.54) is 30.3 Å². The molecule has 0 aliphatic rings. The Morgan fingerprint density at radius 2 is 1.70 bits per heavy atom. The number of ketones is 1. The van der Waals surface area contributed by atoms with Crippen molar-refractivity contribution in [2.75, 3.05) is 13.7 Å². The molecule has 7 heteroatoms. The zero-order valence-electron chi connectivity index (χ0n) is 18.3. The molecule has 0 atom stereocenters. The van der Waals surface area contributed by atoms with E-state index in [1.807, 2.05) is 37.3 Å². The smallest absolute Gasteiger partial charge is 0.387 e. The van der Waals surface area contributed by atoms with Crippen LogP contribution in [-0.4, -0.2) is 26.1 Å². The van der Waals surface area contributed by atoms with Gasteiger partial charge in [-0.3, -0.25) is 4.79 Å². The van der Waals surface area contributed by atoms with Crippen LogP contribution in [0.2, 0.25) is 0 Å². The first-order valence-corrected chi connectivity index (χ1v) is 10.3. The first-order chi connectivity index (χ1) is 16.0. The number of benzene rings is 3. The Hall–Kier alpha value is -3.87. The van der Waals surface area contributed by atoms with Gasteiger partial charge in [-0.05, 0) is 55.0 Å².